The van der Waals surface area contributed by atoms with Crippen molar-refractivity contribution < 1.29 is 14.4 Å². The van der Waals surface area contributed by atoms with E-state index in [9.17, 15) is 14.4 Å². The summed E-state index contributed by atoms with van der Waals surface area (Å²) in [7, 11) is 0. The van der Waals surface area contributed by atoms with E-state index in [1.807, 2.05) is 20.8 Å². The summed E-state index contributed by atoms with van der Waals surface area (Å²) in [6.45, 7) is 7.55. The number of imide groups is 2. The van der Waals surface area contributed by atoms with Crippen molar-refractivity contribution in [3.63, 3.8) is 0 Å². The van der Waals surface area contributed by atoms with E-state index in [1.54, 1.807) is 11.8 Å². The summed E-state index contributed by atoms with van der Waals surface area (Å²) >= 11 is 1.77. The summed E-state index contributed by atoms with van der Waals surface area (Å²) in [4.78, 5) is 37.0. The first-order chi connectivity index (χ1) is 8.90. The van der Waals surface area contributed by atoms with Gasteiger partial charge in [-0.2, -0.15) is 11.8 Å². The largest absolute Gasteiger partial charge is 0.331 e. The van der Waals surface area contributed by atoms with Crippen molar-refractivity contribution in [2.45, 2.75) is 40.2 Å². The third kappa shape index (κ3) is 3.72. The highest BCUT2D eigenvalue weighted by Gasteiger charge is 2.43. The van der Waals surface area contributed by atoms with Gasteiger partial charge in [0.2, 0.25) is 11.8 Å². The van der Waals surface area contributed by atoms with Crippen LogP contribution in [0.1, 0.15) is 34.1 Å². The number of rotatable bonds is 6. The van der Waals surface area contributed by atoms with E-state index in [4.69, 9.17) is 0 Å². The maximum Gasteiger partial charge on any atom is 0.331 e. The minimum Gasteiger partial charge on any atom is -0.277 e. The Morgan fingerprint density at radius 2 is 1.89 bits per heavy atom. The molecule has 1 aliphatic heterocycles. The fourth-order valence-electron chi connectivity index (χ4n) is 2.14. The van der Waals surface area contributed by atoms with E-state index < -0.39 is 17.9 Å². The second-order valence-electron chi connectivity index (χ2n) is 5.06. The number of barbiturate groups is 1. The van der Waals surface area contributed by atoms with Crippen LogP contribution in [0.2, 0.25) is 0 Å². The Bertz CT molecular complexity index is 371. The van der Waals surface area contributed by atoms with Crippen molar-refractivity contribution in [1.82, 2.24) is 10.2 Å². The Labute approximate surface area is 118 Å². The zero-order valence-electron chi connectivity index (χ0n) is 11.9. The lowest BCUT2D eigenvalue weighted by atomic mass is 9.91. The van der Waals surface area contributed by atoms with E-state index in [2.05, 4.69) is 12.2 Å². The van der Waals surface area contributed by atoms with Crippen LogP contribution in [0.5, 0.6) is 0 Å². The monoisotopic (exact) mass is 286 g/mol. The maximum atomic E-state index is 12.3. The highest BCUT2D eigenvalue weighted by atomic mass is 32.2. The average Bonchev–Trinajstić information content (AvgIpc) is 2.27. The number of nitrogens with one attached hydrogen (secondary N) is 1. The highest BCUT2D eigenvalue weighted by molar-refractivity contribution is 7.99. The predicted octanol–water partition coefficient (Wildman–Crippen LogP) is 1.87. The Balaban J connectivity index is 2.78. The second-order valence-corrected chi connectivity index (χ2v) is 6.45. The molecule has 0 aromatic heterocycles. The number of carbonyl (C=O) groups excluding carboxylic acids is 3. The SMILES string of the molecule is CCSCCC(C)N1C(=O)NC(=O)C(C(C)C)C1=O. The molecule has 19 heavy (non-hydrogen) atoms. The molecule has 0 aromatic rings. The molecule has 1 fully saturated rings. The fourth-order valence-corrected chi connectivity index (χ4v) is 2.93. The van der Waals surface area contributed by atoms with Gasteiger partial charge in [0.25, 0.3) is 0 Å². The summed E-state index contributed by atoms with van der Waals surface area (Å²) < 4.78 is 0. The molecule has 0 radical (unpaired) electrons. The van der Waals surface area contributed by atoms with Crippen LogP contribution in [0.4, 0.5) is 4.79 Å². The number of urea groups is 1. The molecule has 1 heterocycles. The minimum atomic E-state index is -0.751. The van der Waals surface area contributed by atoms with E-state index in [0.29, 0.717) is 0 Å². The van der Waals surface area contributed by atoms with Gasteiger partial charge in [-0.05, 0) is 30.8 Å². The molecule has 1 rings (SSSR count). The van der Waals surface area contributed by atoms with Crippen LogP contribution in [0.25, 0.3) is 0 Å². The van der Waals surface area contributed by atoms with Gasteiger partial charge in [-0.25, -0.2) is 4.79 Å². The fraction of sp³-hybridized carbons (Fsp3) is 0.769. The zero-order valence-corrected chi connectivity index (χ0v) is 12.8. The quantitative estimate of drug-likeness (QED) is 0.598. The third-order valence-electron chi connectivity index (χ3n) is 3.23. The molecule has 0 spiro atoms. The normalized spacial score (nSPS) is 21.8. The van der Waals surface area contributed by atoms with Crippen LogP contribution < -0.4 is 5.32 Å². The molecule has 2 atom stereocenters. The van der Waals surface area contributed by atoms with Crippen molar-refractivity contribution >= 4 is 29.6 Å². The summed E-state index contributed by atoms with van der Waals surface area (Å²) in [6.07, 6.45) is 0.747. The van der Waals surface area contributed by atoms with Gasteiger partial charge in [0.15, 0.2) is 0 Å². The van der Waals surface area contributed by atoms with Gasteiger partial charge in [0.1, 0.15) is 5.92 Å². The second kappa shape index (κ2) is 6.93. The summed E-state index contributed by atoms with van der Waals surface area (Å²) in [5.74, 6) is 0.211. The molecule has 1 N–H and O–H groups in total. The van der Waals surface area contributed by atoms with Gasteiger partial charge in [-0.3, -0.25) is 19.8 Å². The van der Waals surface area contributed by atoms with Gasteiger partial charge < -0.3 is 0 Å². The molecule has 0 saturated carbocycles. The van der Waals surface area contributed by atoms with Crippen LogP contribution in [0.3, 0.4) is 0 Å². The molecule has 108 valence electrons. The molecular weight excluding hydrogens is 264 g/mol. The van der Waals surface area contributed by atoms with E-state index in [0.717, 1.165) is 17.9 Å². The number of thioether (sulfide) groups is 1. The van der Waals surface area contributed by atoms with Gasteiger partial charge in [0, 0.05) is 6.04 Å². The molecule has 0 aromatic carbocycles. The van der Waals surface area contributed by atoms with Crippen LogP contribution in [-0.4, -0.2) is 40.3 Å². The van der Waals surface area contributed by atoms with Crippen LogP contribution in [-0.2, 0) is 9.59 Å². The number of hydrogen-bond donors (Lipinski definition) is 1. The number of amides is 4. The molecule has 5 nitrogen and oxygen atoms in total. The van der Waals surface area contributed by atoms with Gasteiger partial charge in [-0.15, -0.1) is 0 Å². The highest BCUT2D eigenvalue weighted by Crippen LogP contribution is 2.22. The Morgan fingerprint density at radius 1 is 1.26 bits per heavy atom. The molecule has 6 heteroatoms. The van der Waals surface area contributed by atoms with Crippen molar-refractivity contribution in [2.75, 3.05) is 11.5 Å². The summed E-state index contributed by atoms with van der Waals surface area (Å²) in [6, 6.07) is -0.762. The predicted molar refractivity (Wildman–Crippen MR) is 75.8 cm³/mol. The molecular formula is C13H22N2O3S. The smallest absolute Gasteiger partial charge is 0.277 e. The summed E-state index contributed by atoms with van der Waals surface area (Å²) in [5, 5.41) is 2.28. The average molecular weight is 286 g/mol. The lowest BCUT2D eigenvalue weighted by Gasteiger charge is -2.35. The van der Waals surface area contributed by atoms with Crippen LogP contribution >= 0.6 is 11.8 Å². The van der Waals surface area contributed by atoms with Crippen LogP contribution in [0, 0.1) is 11.8 Å². The number of nitrogens with zero attached hydrogens (tertiary/aromatic N) is 1. The van der Waals surface area contributed by atoms with Gasteiger partial charge in [0.05, 0.1) is 0 Å². The number of hydrogen-bond acceptors (Lipinski definition) is 4. The Hall–Kier alpha value is -1.04. The standard InChI is InChI=1S/C13H22N2O3S/c1-5-19-7-6-9(4)15-12(17)10(8(2)3)11(16)14-13(15)18/h8-10H,5-7H2,1-4H3,(H,14,16,18). The van der Waals surface area contributed by atoms with Gasteiger partial charge in [-0.1, -0.05) is 20.8 Å². The third-order valence-corrected chi connectivity index (χ3v) is 4.16. The maximum absolute atomic E-state index is 12.3. The molecule has 1 aliphatic rings. The minimum absolute atomic E-state index is 0.111. The summed E-state index contributed by atoms with van der Waals surface area (Å²) in [5.41, 5.74) is 0. The van der Waals surface area contributed by atoms with Crippen LogP contribution in [0.15, 0.2) is 0 Å². The first-order valence-corrected chi connectivity index (χ1v) is 7.81. The van der Waals surface area contributed by atoms with Gasteiger partial charge >= 0.3 is 6.03 Å². The lowest BCUT2D eigenvalue weighted by molar-refractivity contribution is -0.145. The van der Waals surface area contributed by atoms with Crippen molar-refractivity contribution in [2.24, 2.45) is 11.8 Å². The topological polar surface area (TPSA) is 66.5 Å². The first-order valence-electron chi connectivity index (χ1n) is 6.65. The molecule has 4 amide bonds. The van der Waals surface area contributed by atoms with E-state index in [-0.39, 0.29) is 17.9 Å². The molecule has 2 unspecified atom stereocenters. The van der Waals surface area contributed by atoms with Crippen molar-refractivity contribution in [1.29, 1.82) is 0 Å². The lowest BCUT2D eigenvalue weighted by Crippen LogP contribution is -2.61. The van der Waals surface area contributed by atoms with E-state index in [1.165, 1.54) is 4.90 Å². The molecule has 1 saturated heterocycles. The van der Waals surface area contributed by atoms with Crippen molar-refractivity contribution in [3.05, 3.63) is 0 Å². The van der Waals surface area contributed by atoms with E-state index >= 15 is 0 Å². The van der Waals surface area contributed by atoms with Crippen molar-refractivity contribution in [3.8, 4) is 0 Å². The first kappa shape index (κ1) is 16.0. The molecule has 0 aliphatic carbocycles. The molecule has 0 bridgehead atoms. The Morgan fingerprint density at radius 3 is 2.42 bits per heavy atom. The number of carbonyl (C=O) groups is 3. The zero-order chi connectivity index (χ0) is 14.6. The Kier molecular flexibility index (Phi) is 5.85.